The molecule has 0 radical (unpaired) electrons. The minimum absolute atomic E-state index is 0.271. The number of nitrogens with zero attached hydrogens (tertiary/aromatic N) is 4. The van der Waals surface area contributed by atoms with Crippen LogP contribution in [0.15, 0.2) is 6.07 Å². The van der Waals surface area contributed by atoms with Gasteiger partial charge in [0.2, 0.25) is 10.0 Å². The molecular weight excluding hydrogens is 338 g/mol. The van der Waals surface area contributed by atoms with Crippen molar-refractivity contribution in [3.8, 4) is 0 Å². The Bertz CT molecular complexity index is 673. The molecule has 1 atom stereocenters. The normalized spacial score (nSPS) is 23.4. The Labute approximate surface area is 151 Å². The van der Waals surface area contributed by atoms with Gasteiger partial charge in [0, 0.05) is 32.7 Å². The van der Waals surface area contributed by atoms with E-state index in [0.717, 1.165) is 50.8 Å². The number of piperidine rings is 1. The van der Waals surface area contributed by atoms with Crippen LogP contribution in [0.25, 0.3) is 0 Å². The molecule has 0 bridgehead atoms. The third kappa shape index (κ3) is 5.51. The molecule has 0 aromatic carbocycles. The summed E-state index contributed by atoms with van der Waals surface area (Å²) in [5, 5.41) is 4.58. The van der Waals surface area contributed by atoms with Crippen LogP contribution in [0.5, 0.6) is 0 Å². The first kappa shape index (κ1) is 18.8. The van der Waals surface area contributed by atoms with Crippen molar-refractivity contribution in [1.82, 2.24) is 24.3 Å². The van der Waals surface area contributed by atoms with E-state index in [1.165, 1.54) is 37.9 Å². The Morgan fingerprint density at radius 1 is 1.24 bits per heavy atom. The highest BCUT2D eigenvalue weighted by Crippen LogP contribution is 2.20. The molecule has 0 saturated carbocycles. The lowest BCUT2D eigenvalue weighted by Gasteiger charge is -2.34. The average Bonchev–Trinajstić information content (AvgIpc) is 2.85. The number of sulfonamides is 1. The van der Waals surface area contributed by atoms with Crippen LogP contribution in [0.3, 0.4) is 0 Å². The van der Waals surface area contributed by atoms with Crippen LogP contribution in [0, 0.1) is 5.92 Å². The molecule has 0 amide bonds. The van der Waals surface area contributed by atoms with Gasteiger partial charge in [-0.05, 0) is 44.3 Å². The van der Waals surface area contributed by atoms with Crippen LogP contribution >= 0.6 is 0 Å². The number of likely N-dealkylation sites (tertiary alicyclic amines) is 1. The summed E-state index contributed by atoms with van der Waals surface area (Å²) in [7, 11) is -3.18. The Hall–Kier alpha value is -0.960. The number of aromatic nitrogens is 2. The van der Waals surface area contributed by atoms with E-state index in [1.807, 2.05) is 0 Å². The molecule has 8 heteroatoms. The first-order valence-corrected chi connectivity index (χ1v) is 11.3. The Balaban J connectivity index is 1.59. The lowest BCUT2D eigenvalue weighted by atomic mass is 9.97. The van der Waals surface area contributed by atoms with Crippen molar-refractivity contribution in [1.29, 1.82) is 0 Å². The van der Waals surface area contributed by atoms with Gasteiger partial charge in [-0.25, -0.2) is 13.1 Å². The van der Waals surface area contributed by atoms with E-state index in [4.69, 9.17) is 0 Å². The SMILES string of the molecule is CCN1CCC[C@H](CN2CCCn3nc(CNS(C)(=O)=O)cc3C2)C1. The van der Waals surface area contributed by atoms with Crippen molar-refractivity contribution in [3.05, 3.63) is 17.5 Å². The van der Waals surface area contributed by atoms with E-state index in [1.54, 1.807) is 0 Å². The molecule has 0 spiro atoms. The third-order valence-corrected chi connectivity index (χ3v) is 5.89. The quantitative estimate of drug-likeness (QED) is 0.806. The highest BCUT2D eigenvalue weighted by atomic mass is 32.2. The molecule has 7 nitrogen and oxygen atoms in total. The monoisotopic (exact) mass is 369 g/mol. The third-order valence-electron chi connectivity index (χ3n) is 5.23. The van der Waals surface area contributed by atoms with Crippen molar-refractivity contribution in [2.75, 3.05) is 39.0 Å². The van der Waals surface area contributed by atoms with Crippen molar-refractivity contribution in [2.24, 2.45) is 5.92 Å². The molecule has 3 heterocycles. The average molecular weight is 370 g/mol. The van der Waals surface area contributed by atoms with Crippen molar-refractivity contribution >= 4 is 10.0 Å². The highest BCUT2D eigenvalue weighted by Gasteiger charge is 2.23. The van der Waals surface area contributed by atoms with E-state index in [-0.39, 0.29) is 6.54 Å². The Morgan fingerprint density at radius 3 is 2.80 bits per heavy atom. The fourth-order valence-electron chi connectivity index (χ4n) is 3.99. The van der Waals surface area contributed by atoms with Crippen LogP contribution in [-0.2, 0) is 29.7 Å². The first-order valence-electron chi connectivity index (χ1n) is 9.38. The number of hydrogen-bond acceptors (Lipinski definition) is 5. The number of hydrogen-bond donors (Lipinski definition) is 1. The zero-order chi connectivity index (χ0) is 17.9. The molecule has 3 rings (SSSR count). The molecular formula is C17H31N5O2S. The lowest BCUT2D eigenvalue weighted by molar-refractivity contribution is 0.134. The fourth-order valence-corrected chi connectivity index (χ4v) is 4.40. The molecule has 25 heavy (non-hydrogen) atoms. The topological polar surface area (TPSA) is 70.5 Å². The highest BCUT2D eigenvalue weighted by molar-refractivity contribution is 7.88. The van der Waals surface area contributed by atoms with Crippen LogP contribution in [0.1, 0.15) is 37.6 Å². The van der Waals surface area contributed by atoms with Crippen LogP contribution in [0.4, 0.5) is 0 Å². The van der Waals surface area contributed by atoms with Crippen molar-refractivity contribution in [3.63, 3.8) is 0 Å². The maximum absolute atomic E-state index is 11.3. The van der Waals surface area contributed by atoms with E-state index in [0.29, 0.717) is 0 Å². The van der Waals surface area contributed by atoms with Gasteiger partial charge < -0.3 is 4.90 Å². The van der Waals surface area contributed by atoms with Crippen LogP contribution in [-0.4, -0.2) is 67.0 Å². The summed E-state index contributed by atoms with van der Waals surface area (Å²) in [4.78, 5) is 5.11. The van der Waals surface area contributed by atoms with Crippen LogP contribution < -0.4 is 4.72 Å². The lowest BCUT2D eigenvalue weighted by Crippen LogP contribution is -2.40. The maximum Gasteiger partial charge on any atom is 0.209 e. The van der Waals surface area contributed by atoms with E-state index < -0.39 is 10.0 Å². The molecule has 2 aliphatic rings. The van der Waals surface area contributed by atoms with Gasteiger partial charge >= 0.3 is 0 Å². The number of fused-ring (bicyclic) bond motifs is 1. The molecule has 1 saturated heterocycles. The standard InChI is InChI=1S/C17H31N5O2S/c1-3-20-7-4-6-15(12-20)13-21-8-5-9-22-17(14-21)10-16(19-22)11-18-25(2,23)24/h10,15,18H,3-9,11-14H2,1-2H3/t15-/m0/s1. The number of aryl methyl sites for hydroxylation is 1. The van der Waals surface area contributed by atoms with Crippen LogP contribution in [0.2, 0.25) is 0 Å². The maximum atomic E-state index is 11.3. The first-order chi connectivity index (χ1) is 11.9. The Kier molecular flexibility index (Phi) is 6.14. The predicted molar refractivity (Wildman–Crippen MR) is 98.6 cm³/mol. The zero-order valence-corrected chi connectivity index (χ0v) is 16.3. The molecule has 2 aliphatic heterocycles. The van der Waals surface area contributed by atoms with Crippen molar-refractivity contribution < 1.29 is 8.42 Å². The van der Waals surface area contributed by atoms with Gasteiger partial charge in [0.1, 0.15) is 0 Å². The number of rotatable bonds is 6. The summed E-state index contributed by atoms with van der Waals surface area (Å²) < 4.78 is 27.1. The second-order valence-electron chi connectivity index (χ2n) is 7.43. The summed E-state index contributed by atoms with van der Waals surface area (Å²) in [5.74, 6) is 0.759. The minimum atomic E-state index is -3.18. The largest absolute Gasteiger partial charge is 0.303 e. The smallest absolute Gasteiger partial charge is 0.209 e. The van der Waals surface area contributed by atoms with E-state index in [2.05, 4.69) is 37.3 Å². The summed E-state index contributed by atoms with van der Waals surface area (Å²) in [6.45, 7) is 10.2. The summed E-state index contributed by atoms with van der Waals surface area (Å²) >= 11 is 0. The fraction of sp³-hybridized carbons (Fsp3) is 0.824. The molecule has 0 unspecified atom stereocenters. The summed E-state index contributed by atoms with van der Waals surface area (Å²) in [6, 6.07) is 2.05. The summed E-state index contributed by atoms with van der Waals surface area (Å²) in [5.41, 5.74) is 2.00. The molecule has 1 aromatic heterocycles. The van der Waals surface area contributed by atoms with E-state index >= 15 is 0 Å². The van der Waals surface area contributed by atoms with Gasteiger partial charge in [0.05, 0.1) is 24.2 Å². The van der Waals surface area contributed by atoms with Gasteiger partial charge in [-0.2, -0.15) is 5.10 Å². The van der Waals surface area contributed by atoms with Gasteiger partial charge in [-0.3, -0.25) is 9.58 Å². The second kappa shape index (κ2) is 8.16. The molecule has 0 aliphatic carbocycles. The Morgan fingerprint density at radius 2 is 2.04 bits per heavy atom. The molecule has 142 valence electrons. The predicted octanol–water partition coefficient (Wildman–Crippen LogP) is 0.870. The van der Waals surface area contributed by atoms with Gasteiger partial charge in [0.15, 0.2) is 0 Å². The van der Waals surface area contributed by atoms with Crippen molar-refractivity contribution in [2.45, 2.75) is 45.8 Å². The zero-order valence-electron chi connectivity index (χ0n) is 15.4. The minimum Gasteiger partial charge on any atom is -0.303 e. The summed E-state index contributed by atoms with van der Waals surface area (Å²) in [6.07, 6.45) is 4.92. The molecule has 1 aromatic rings. The number of nitrogens with one attached hydrogen (secondary N) is 1. The van der Waals surface area contributed by atoms with Gasteiger partial charge in [-0.1, -0.05) is 6.92 Å². The molecule has 1 N–H and O–H groups in total. The molecule has 1 fully saturated rings. The van der Waals surface area contributed by atoms with Gasteiger partial charge in [-0.15, -0.1) is 0 Å². The second-order valence-corrected chi connectivity index (χ2v) is 9.27. The van der Waals surface area contributed by atoms with E-state index in [9.17, 15) is 8.42 Å². The van der Waals surface area contributed by atoms with Gasteiger partial charge in [0.25, 0.3) is 0 Å².